The zero-order valence-corrected chi connectivity index (χ0v) is 15.1. The monoisotopic (exact) mass is 375 g/mol. The molecule has 5 atom stereocenters. The van der Waals surface area contributed by atoms with Crippen molar-refractivity contribution in [2.45, 2.75) is 50.4 Å². The lowest BCUT2D eigenvalue weighted by Crippen LogP contribution is -2.55. The van der Waals surface area contributed by atoms with Crippen molar-refractivity contribution in [3.63, 3.8) is 0 Å². The second-order valence-corrected chi connectivity index (χ2v) is 6.85. The zero-order valence-electron chi connectivity index (χ0n) is 15.1. The van der Waals surface area contributed by atoms with Gasteiger partial charge in [0.15, 0.2) is 0 Å². The molecule has 7 nitrogen and oxygen atoms in total. The van der Waals surface area contributed by atoms with E-state index in [0.29, 0.717) is 12.1 Å². The van der Waals surface area contributed by atoms with E-state index in [1.807, 2.05) is 24.3 Å². The topological polar surface area (TPSA) is 112 Å². The van der Waals surface area contributed by atoms with E-state index in [0.717, 1.165) is 12.0 Å². The van der Waals surface area contributed by atoms with Crippen molar-refractivity contribution in [3.05, 3.63) is 69.6 Å². The minimum absolute atomic E-state index is 0.206. The molecule has 0 bridgehead atoms. The second-order valence-electron chi connectivity index (χ2n) is 6.85. The van der Waals surface area contributed by atoms with Gasteiger partial charge in [0.2, 0.25) is 0 Å². The maximum Gasteiger partial charge on any atom is 0.250 e. The fraction of sp³-hybridized carbons (Fsp3) is 0.450. The Morgan fingerprint density at radius 2 is 1.63 bits per heavy atom. The summed E-state index contributed by atoms with van der Waals surface area (Å²) in [6, 6.07) is 10.9. The summed E-state index contributed by atoms with van der Waals surface area (Å²) in [6.07, 6.45) is -3.69. The van der Waals surface area contributed by atoms with Gasteiger partial charge in [0.25, 0.3) is 5.56 Å². The third-order valence-electron chi connectivity index (χ3n) is 5.01. The van der Waals surface area contributed by atoms with Gasteiger partial charge in [0, 0.05) is 17.8 Å². The number of aromatic nitrogens is 1. The lowest BCUT2D eigenvalue weighted by molar-refractivity contribution is -0.231. The minimum atomic E-state index is -1.46. The van der Waals surface area contributed by atoms with Crippen molar-refractivity contribution in [1.82, 2.24) is 4.57 Å². The number of aliphatic hydroxyl groups excluding tert-OH is 4. The largest absolute Gasteiger partial charge is 0.394 e. The van der Waals surface area contributed by atoms with E-state index in [2.05, 4.69) is 6.92 Å². The van der Waals surface area contributed by atoms with Gasteiger partial charge in [-0.1, -0.05) is 31.2 Å². The fourth-order valence-electron chi connectivity index (χ4n) is 3.30. The Hall–Kier alpha value is -2.03. The first-order chi connectivity index (χ1) is 12.9. The number of hydrogen-bond donors (Lipinski definition) is 4. The van der Waals surface area contributed by atoms with Crippen LogP contribution in [-0.4, -0.2) is 56.0 Å². The van der Waals surface area contributed by atoms with Crippen LogP contribution in [0.25, 0.3) is 0 Å². The summed E-state index contributed by atoms with van der Waals surface area (Å²) in [6.45, 7) is 1.93. The van der Waals surface area contributed by atoms with Crippen LogP contribution < -0.4 is 5.56 Å². The number of benzene rings is 1. The van der Waals surface area contributed by atoms with E-state index in [-0.39, 0.29) is 5.56 Å². The van der Waals surface area contributed by atoms with Crippen LogP contribution in [0.1, 0.15) is 29.7 Å². The van der Waals surface area contributed by atoms with E-state index in [4.69, 9.17) is 4.74 Å². The van der Waals surface area contributed by atoms with Gasteiger partial charge < -0.3 is 29.7 Å². The standard InChI is InChI=1S/C20H25NO6/c1-2-12-3-5-13(6-4-12)9-21-10-14(7-8-16(21)23)20-19(26)18(25)17(24)15(11-22)27-20/h3-8,10,15,17-20,22,24-26H,2,9,11H2,1H3/t15-,17-,18+,19-,20+/m1/s1. The quantitative estimate of drug-likeness (QED) is 0.584. The predicted molar refractivity (Wildman–Crippen MR) is 98.3 cm³/mol. The Morgan fingerprint density at radius 3 is 2.26 bits per heavy atom. The van der Waals surface area contributed by atoms with Gasteiger partial charge in [-0.25, -0.2) is 0 Å². The smallest absolute Gasteiger partial charge is 0.250 e. The number of ether oxygens (including phenoxy) is 1. The molecule has 0 saturated carbocycles. The number of rotatable bonds is 5. The van der Waals surface area contributed by atoms with Crippen LogP contribution >= 0.6 is 0 Å². The van der Waals surface area contributed by atoms with Crippen LogP contribution in [-0.2, 0) is 17.7 Å². The highest BCUT2D eigenvalue weighted by atomic mass is 16.5. The number of nitrogens with zero attached hydrogens (tertiary/aromatic N) is 1. The molecular weight excluding hydrogens is 350 g/mol. The van der Waals surface area contributed by atoms with Gasteiger partial charge in [-0.05, 0) is 23.6 Å². The molecule has 0 radical (unpaired) electrons. The Bertz CT molecular complexity index is 816. The minimum Gasteiger partial charge on any atom is -0.394 e. The predicted octanol–water partition coefficient (Wildman–Crippen LogP) is -0.0261. The van der Waals surface area contributed by atoms with Crippen LogP contribution in [0.2, 0.25) is 0 Å². The number of aliphatic hydroxyl groups is 4. The first kappa shape index (κ1) is 19.7. The summed E-state index contributed by atoms with van der Waals surface area (Å²) in [4.78, 5) is 12.2. The maximum absolute atomic E-state index is 12.2. The highest BCUT2D eigenvalue weighted by Gasteiger charge is 2.44. The van der Waals surface area contributed by atoms with Crippen molar-refractivity contribution in [2.75, 3.05) is 6.61 Å². The van der Waals surface area contributed by atoms with E-state index >= 15 is 0 Å². The number of pyridine rings is 1. The average molecular weight is 375 g/mol. The molecule has 146 valence electrons. The normalized spacial score (nSPS) is 28.3. The molecule has 1 aromatic heterocycles. The molecular formula is C20H25NO6. The molecule has 27 heavy (non-hydrogen) atoms. The van der Waals surface area contributed by atoms with E-state index < -0.39 is 37.1 Å². The van der Waals surface area contributed by atoms with Crippen LogP contribution in [0.15, 0.2) is 47.4 Å². The molecule has 1 fully saturated rings. The third kappa shape index (κ3) is 4.12. The molecule has 2 aromatic rings. The molecule has 1 aliphatic rings. The van der Waals surface area contributed by atoms with Gasteiger partial charge in [0.1, 0.15) is 30.5 Å². The van der Waals surface area contributed by atoms with Gasteiger partial charge in [-0.3, -0.25) is 4.79 Å². The molecule has 2 heterocycles. The molecule has 1 saturated heterocycles. The molecule has 0 aliphatic carbocycles. The summed E-state index contributed by atoms with van der Waals surface area (Å²) >= 11 is 0. The van der Waals surface area contributed by atoms with Gasteiger partial charge >= 0.3 is 0 Å². The average Bonchev–Trinajstić information content (AvgIpc) is 2.69. The lowest BCUT2D eigenvalue weighted by Gasteiger charge is -2.40. The van der Waals surface area contributed by atoms with Gasteiger partial charge in [-0.15, -0.1) is 0 Å². The van der Waals surface area contributed by atoms with Crippen LogP contribution in [0.3, 0.4) is 0 Å². The molecule has 0 amide bonds. The zero-order chi connectivity index (χ0) is 19.6. The summed E-state index contributed by atoms with van der Waals surface area (Å²) in [7, 11) is 0. The van der Waals surface area contributed by atoms with E-state index in [1.165, 1.54) is 22.3 Å². The molecule has 0 unspecified atom stereocenters. The first-order valence-corrected chi connectivity index (χ1v) is 9.03. The summed E-state index contributed by atoms with van der Waals surface area (Å²) < 4.78 is 7.06. The fourth-order valence-corrected chi connectivity index (χ4v) is 3.30. The maximum atomic E-state index is 12.2. The van der Waals surface area contributed by atoms with E-state index in [1.54, 1.807) is 6.20 Å². The SMILES string of the molecule is CCc1ccc(Cn2cc([C@@H]3O[C@H](CO)[C@@H](O)[C@H](O)[C@H]3O)ccc2=O)cc1. The van der Waals surface area contributed by atoms with Crippen LogP contribution in [0, 0.1) is 0 Å². The Kier molecular flexibility index (Phi) is 6.08. The molecule has 4 N–H and O–H groups in total. The van der Waals surface area contributed by atoms with Crippen molar-refractivity contribution >= 4 is 0 Å². The molecule has 1 aromatic carbocycles. The highest BCUT2D eigenvalue weighted by Crippen LogP contribution is 2.31. The Balaban J connectivity index is 1.86. The number of aryl methyl sites for hydroxylation is 1. The van der Waals surface area contributed by atoms with Crippen molar-refractivity contribution < 1.29 is 25.2 Å². The van der Waals surface area contributed by atoms with Crippen molar-refractivity contribution in [1.29, 1.82) is 0 Å². The second kappa shape index (κ2) is 8.33. The van der Waals surface area contributed by atoms with Crippen molar-refractivity contribution in [3.8, 4) is 0 Å². The molecule has 7 heteroatoms. The Morgan fingerprint density at radius 1 is 0.963 bits per heavy atom. The first-order valence-electron chi connectivity index (χ1n) is 9.03. The van der Waals surface area contributed by atoms with Crippen molar-refractivity contribution in [2.24, 2.45) is 0 Å². The summed E-state index contributed by atoms with van der Waals surface area (Å²) in [5.41, 5.74) is 2.45. The van der Waals surface area contributed by atoms with Gasteiger partial charge in [-0.2, -0.15) is 0 Å². The lowest BCUT2D eigenvalue weighted by atomic mass is 9.92. The summed E-state index contributed by atoms with van der Waals surface area (Å²) in [5.74, 6) is 0. The summed E-state index contributed by atoms with van der Waals surface area (Å²) in [5, 5.41) is 39.5. The molecule has 1 aliphatic heterocycles. The molecule has 0 spiro atoms. The number of hydrogen-bond acceptors (Lipinski definition) is 6. The Labute approximate surface area is 157 Å². The third-order valence-corrected chi connectivity index (χ3v) is 5.01. The molecule has 3 rings (SSSR count). The highest BCUT2D eigenvalue weighted by molar-refractivity contribution is 5.24. The van der Waals surface area contributed by atoms with Gasteiger partial charge in [0.05, 0.1) is 13.2 Å². The van der Waals surface area contributed by atoms with E-state index in [9.17, 15) is 25.2 Å². The van der Waals surface area contributed by atoms with Crippen LogP contribution in [0.5, 0.6) is 0 Å². The van der Waals surface area contributed by atoms with Crippen LogP contribution in [0.4, 0.5) is 0 Å².